The molecule has 1 unspecified atom stereocenters. The summed E-state index contributed by atoms with van der Waals surface area (Å²) in [6, 6.07) is 0. The van der Waals surface area contributed by atoms with Crippen molar-refractivity contribution in [2.24, 2.45) is 0 Å². The highest BCUT2D eigenvalue weighted by molar-refractivity contribution is 7.51. The topological polar surface area (TPSA) is 95.9 Å². The third-order valence-corrected chi connectivity index (χ3v) is 1.62. The summed E-state index contributed by atoms with van der Waals surface area (Å²) >= 11 is 0. The lowest BCUT2D eigenvalue weighted by atomic mass is 10.9. The zero-order valence-electron chi connectivity index (χ0n) is 5.27. The lowest BCUT2D eigenvalue weighted by molar-refractivity contribution is 0.193. The molecular weight excluding hydrogens is 161 g/mol. The molecule has 0 bridgehead atoms. The summed E-state index contributed by atoms with van der Waals surface area (Å²) in [5.74, 6) is 0. The van der Waals surface area contributed by atoms with Gasteiger partial charge in [-0.25, -0.2) is 14.4 Å². The number of amides is 1. The second kappa shape index (κ2) is 3.55. The predicted molar refractivity (Wildman–Crippen MR) is 32.6 cm³/mol. The van der Waals surface area contributed by atoms with E-state index in [0.29, 0.717) is 0 Å². The number of hydrogen-bond donors (Lipinski definition) is 3. The van der Waals surface area contributed by atoms with Crippen LogP contribution >= 0.6 is 7.75 Å². The smallest absolute Gasteiger partial charge is 0.435 e. The van der Waals surface area contributed by atoms with Crippen molar-refractivity contribution in [2.45, 2.75) is 6.92 Å². The Kier molecular flexibility index (Phi) is 3.35. The van der Waals surface area contributed by atoms with Crippen LogP contribution in [0.5, 0.6) is 0 Å². The summed E-state index contributed by atoms with van der Waals surface area (Å²) < 4.78 is 14.6. The summed E-state index contributed by atoms with van der Waals surface area (Å²) in [5.41, 5.74) is 0. The molecule has 0 aromatic rings. The fourth-order valence-electron chi connectivity index (χ4n) is 0.328. The van der Waals surface area contributed by atoms with E-state index in [4.69, 9.17) is 10.00 Å². The quantitative estimate of drug-likeness (QED) is 0.531. The summed E-state index contributed by atoms with van der Waals surface area (Å²) in [4.78, 5) is 18.3. The molecule has 0 saturated carbocycles. The first-order valence-electron chi connectivity index (χ1n) is 2.46. The maximum atomic E-state index is 10.5. The molecule has 0 aromatic heterocycles. The van der Waals surface area contributed by atoms with Crippen molar-refractivity contribution in [1.82, 2.24) is 5.09 Å². The van der Waals surface area contributed by atoms with E-state index in [9.17, 15) is 9.36 Å². The van der Waals surface area contributed by atoms with E-state index in [-0.39, 0.29) is 6.61 Å². The van der Waals surface area contributed by atoms with Crippen molar-refractivity contribution in [3.63, 3.8) is 0 Å². The fourth-order valence-corrected chi connectivity index (χ4v) is 0.984. The Morgan fingerprint density at radius 1 is 1.80 bits per heavy atom. The van der Waals surface area contributed by atoms with Crippen molar-refractivity contribution in [2.75, 3.05) is 6.61 Å². The van der Waals surface area contributed by atoms with E-state index in [1.807, 2.05) is 0 Å². The van der Waals surface area contributed by atoms with Gasteiger partial charge in [-0.1, -0.05) is 0 Å². The molecule has 1 atom stereocenters. The summed E-state index contributed by atoms with van der Waals surface area (Å²) in [5, 5.41) is 9.28. The Balaban J connectivity index is 3.87. The first kappa shape index (κ1) is 9.42. The molecule has 10 heavy (non-hydrogen) atoms. The van der Waals surface area contributed by atoms with E-state index in [0.717, 1.165) is 0 Å². The Labute approximate surface area is 57.4 Å². The molecule has 60 valence electrons. The minimum Gasteiger partial charge on any atom is -0.465 e. The van der Waals surface area contributed by atoms with Crippen LogP contribution in [0.15, 0.2) is 0 Å². The van der Waals surface area contributed by atoms with Crippen molar-refractivity contribution >= 4 is 13.8 Å². The van der Waals surface area contributed by atoms with Crippen LogP contribution in [0, 0.1) is 0 Å². The molecule has 0 rings (SSSR count). The van der Waals surface area contributed by atoms with Crippen LogP contribution in [0.2, 0.25) is 0 Å². The summed E-state index contributed by atoms with van der Waals surface area (Å²) in [6.07, 6.45) is -1.58. The van der Waals surface area contributed by atoms with E-state index < -0.39 is 13.8 Å². The number of carboxylic acid groups (broad SMARTS) is 1. The van der Waals surface area contributed by atoms with E-state index in [1.54, 1.807) is 0 Å². The molecule has 0 heterocycles. The second-order valence-corrected chi connectivity index (χ2v) is 2.88. The number of nitrogens with one attached hydrogen (secondary N) is 1. The third kappa shape index (κ3) is 4.31. The van der Waals surface area contributed by atoms with Gasteiger partial charge in [-0.15, -0.1) is 0 Å². The standard InChI is InChI=1S/C3H8NO5P/c1-2-9-10(7,8)4-3(5)6/h2H2,1H3,(H,5,6)(H2,4,7,8). The molecule has 0 saturated heterocycles. The van der Waals surface area contributed by atoms with Gasteiger partial charge in [0.1, 0.15) is 0 Å². The largest absolute Gasteiger partial charge is 0.465 e. The third-order valence-electron chi connectivity index (χ3n) is 0.541. The van der Waals surface area contributed by atoms with E-state index in [2.05, 4.69) is 4.52 Å². The molecule has 0 aromatic carbocycles. The highest BCUT2D eigenvalue weighted by Gasteiger charge is 2.20. The van der Waals surface area contributed by atoms with Gasteiger partial charge in [0.2, 0.25) is 0 Å². The molecular formula is C3H8NO5P. The molecule has 0 radical (unpaired) electrons. The second-order valence-electron chi connectivity index (χ2n) is 1.36. The van der Waals surface area contributed by atoms with Crippen molar-refractivity contribution in [1.29, 1.82) is 0 Å². The van der Waals surface area contributed by atoms with Crippen molar-refractivity contribution in [3.05, 3.63) is 0 Å². The van der Waals surface area contributed by atoms with Crippen LogP contribution in [0.4, 0.5) is 4.79 Å². The molecule has 0 aliphatic carbocycles. The van der Waals surface area contributed by atoms with Gasteiger partial charge in [0, 0.05) is 0 Å². The molecule has 3 N–H and O–H groups in total. The van der Waals surface area contributed by atoms with Gasteiger partial charge in [0.15, 0.2) is 0 Å². The van der Waals surface area contributed by atoms with Gasteiger partial charge in [-0.2, -0.15) is 0 Å². The lowest BCUT2D eigenvalue weighted by Gasteiger charge is -2.07. The zero-order valence-corrected chi connectivity index (χ0v) is 6.17. The Morgan fingerprint density at radius 3 is 2.60 bits per heavy atom. The van der Waals surface area contributed by atoms with Crippen LogP contribution in [0.25, 0.3) is 0 Å². The highest BCUT2D eigenvalue weighted by atomic mass is 31.2. The molecule has 0 spiro atoms. The predicted octanol–water partition coefficient (Wildman–Crippen LogP) is 0.391. The van der Waals surface area contributed by atoms with Crippen LogP contribution in [0.1, 0.15) is 6.92 Å². The number of hydrogen-bond acceptors (Lipinski definition) is 3. The Hall–Kier alpha value is -0.580. The SMILES string of the molecule is CCOP(=O)(O)NC(=O)O. The lowest BCUT2D eigenvalue weighted by Crippen LogP contribution is -2.18. The van der Waals surface area contributed by atoms with Gasteiger partial charge in [-0.3, -0.25) is 4.52 Å². The first-order valence-corrected chi connectivity index (χ1v) is 4.04. The maximum Gasteiger partial charge on any atom is 0.435 e. The van der Waals surface area contributed by atoms with E-state index in [1.165, 1.54) is 12.0 Å². The fraction of sp³-hybridized carbons (Fsp3) is 0.667. The molecule has 7 heteroatoms. The number of rotatable bonds is 3. The minimum atomic E-state index is -4.10. The maximum absolute atomic E-state index is 10.5. The van der Waals surface area contributed by atoms with Gasteiger partial charge in [0.25, 0.3) is 0 Å². The van der Waals surface area contributed by atoms with Crippen molar-refractivity contribution in [3.8, 4) is 0 Å². The van der Waals surface area contributed by atoms with Crippen LogP contribution in [-0.4, -0.2) is 22.7 Å². The Morgan fingerprint density at radius 2 is 2.30 bits per heavy atom. The summed E-state index contributed by atoms with van der Waals surface area (Å²) in [6.45, 7) is 1.46. The van der Waals surface area contributed by atoms with Crippen molar-refractivity contribution < 1.29 is 23.9 Å². The molecule has 0 aliphatic rings. The normalized spacial score (nSPS) is 15.8. The van der Waals surface area contributed by atoms with Gasteiger partial charge in [-0.05, 0) is 6.92 Å². The highest BCUT2D eigenvalue weighted by Crippen LogP contribution is 2.35. The van der Waals surface area contributed by atoms with Crippen LogP contribution in [-0.2, 0) is 9.09 Å². The minimum absolute atomic E-state index is 0.0198. The average molecular weight is 169 g/mol. The van der Waals surface area contributed by atoms with Gasteiger partial charge < -0.3 is 10.00 Å². The number of carbonyl (C=O) groups is 1. The molecule has 0 fully saturated rings. The molecule has 6 nitrogen and oxygen atoms in total. The van der Waals surface area contributed by atoms with Crippen LogP contribution in [0.3, 0.4) is 0 Å². The molecule has 1 amide bonds. The van der Waals surface area contributed by atoms with Gasteiger partial charge in [0.05, 0.1) is 6.61 Å². The average Bonchev–Trinajstić information content (AvgIpc) is 1.59. The Bertz CT molecular complexity index is 168. The molecule has 0 aliphatic heterocycles. The zero-order chi connectivity index (χ0) is 8.20. The monoisotopic (exact) mass is 169 g/mol. The van der Waals surface area contributed by atoms with Gasteiger partial charge >= 0.3 is 13.8 Å². The first-order chi connectivity index (χ1) is 4.48. The summed E-state index contributed by atoms with van der Waals surface area (Å²) in [7, 11) is -4.10. The van der Waals surface area contributed by atoms with Crippen LogP contribution < -0.4 is 5.09 Å². The van der Waals surface area contributed by atoms with E-state index >= 15 is 0 Å².